The molecule has 200 valence electrons. The van der Waals surface area contributed by atoms with Crippen molar-refractivity contribution >= 4 is 11.8 Å². The molecule has 2 aromatic heterocycles. The molecule has 4 N–H and O–H groups in total. The van der Waals surface area contributed by atoms with E-state index in [2.05, 4.69) is 45.0 Å². The van der Waals surface area contributed by atoms with Gasteiger partial charge in [-0.1, -0.05) is 26.0 Å². The van der Waals surface area contributed by atoms with Crippen molar-refractivity contribution in [3.8, 4) is 5.75 Å². The van der Waals surface area contributed by atoms with Crippen molar-refractivity contribution < 1.29 is 23.5 Å². The molecular weight excluding hydrogens is 485 g/mol. The van der Waals surface area contributed by atoms with E-state index in [0.717, 1.165) is 17.7 Å². The Morgan fingerprint density at radius 2 is 1.73 bits per heavy atom. The highest BCUT2D eigenvalue weighted by Crippen LogP contribution is 2.20. The lowest BCUT2D eigenvalue weighted by atomic mass is 10.0. The number of aromatic hydroxyl groups is 1. The highest BCUT2D eigenvalue weighted by Gasteiger charge is 2.32. The van der Waals surface area contributed by atoms with E-state index in [0.29, 0.717) is 5.56 Å². The number of halogens is 1. The Hall–Kier alpha value is -4.13. The van der Waals surface area contributed by atoms with E-state index in [1.165, 1.54) is 38.2 Å². The first-order valence-electron chi connectivity index (χ1n) is 11.6. The zero-order valence-corrected chi connectivity index (χ0v) is 21.7. The van der Waals surface area contributed by atoms with Crippen molar-refractivity contribution in [3.05, 3.63) is 69.3 Å². The van der Waals surface area contributed by atoms with E-state index >= 15 is 0 Å². The molecule has 0 unspecified atom stereocenters. The highest BCUT2D eigenvalue weighted by atomic mass is 19.1. The molecule has 0 aliphatic rings. The number of benzene rings is 1. The van der Waals surface area contributed by atoms with Crippen molar-refractivity contribution in [2.75, 3.05) is 13.1 Å². The lowest BCUT2D eigenvalue weighted by Crippen LogP contribution is -2.46. The van der Waals surface area contributed by atoms with Gasteiger partial charge in [0.15, 0.2) is 5.69 Å². The summed E-state index contributed by atoms with van der Waals surface area (Å²) in [5, 5.41) is 25.7. The molecule has 37 heavy (non-hydrogen) atoms. The lowest BCUT2D eigenvalue weighted by Gasteiger charge is -2.27. The zero-order chi connectivity index (χ0) is 27.8. The molecule has 0 radical (unpaired) electrons. The molecule has 12 nitrogen and oxygen atoms in total. The average molecular weight is 518 g/mol. The molecular formula is C24H32FN7O5. The normalized spacial score (nSPS) is 10.9. The van der Waals surface area contributed by atoms with Crippen molar-refractivity contribution in [1.82, 2.24) is 35.7 Å². The third-order valence-corrected chi connectivity index (χ3v) is 5.05. The third-order valence-electron chi connectivity index (χ3n) is 5.05. The van der Waals surface area contributed by atoms with E-state index in [1.54, 1.807) is 13.8 Å². The summed E-state index contributed by atoms with van der Waals surface area (Å²) in [6, 6.07) is 5.44. The second-order valence-electron chi connectivity index (χ2n) is 8.47. The quantitative estimate of drug-likeness (QED) is 0.347. The molecule has 0 fully saturated rings. The Morgan fingerprint density at radius 3 is 2.24 bits per heavy atom. The van der Waals surface area contributed by atoms with Crippen LogP contribution < -0.4 is 21.5 Å². The predicted molar refractivity (Wildman–Crippen MR) is 132 cm³/mol. The Labute approximate surface area is 213 Å². The minimum atomic E-state index is -1.27. The molecule has 0 spiro atoms. The fourth-order valence-electron chi connectivity index (χ4n) is 3.21. The number of nitrogens with one attached hydrogen (secondary N) is 3. The summed E-state index contributed by atoms with van der Waals surface area (Å²) in [5.41, 5.74) is -2.06. The summed E-state index contributed by atoms with van der Waals surface area (Å²) in [6.07, 6.45) is 0. The van der Waals surface area contributed by atoms with Crippen LogP contribution in [0.3, 0.4) is 0 Å². The molecule has 0 aliphatic carbocycles. The third kappa shape index (κ3) is 7.67. The highest BCUT2D eigenvalue weighted by molar-refractivity contribution is 5.94. The van der Waals surface area contributed by atoms with Gasteiger partial charge in [-0.05, 0) is 44.6 Å². The summed E-state index contributed by atoms with van der Waals surface area (Å²) >= 11 is 0. The number of carbonyl (C=O) groups is 2. The van der Waals surface area contributed by atoms with Crippen molar-refractivity contribution in [2.45, 2.75) is 46.7 Å². The zero-order valence-electron chi connectivity index (χ0n) is 21.7. The van der Waals surface area contributed by atoms with Gasteiger partial charge in [0.2, 0.25) is 11.6 Å². The molecule has 0 saturated heterocycles. The van der Waals surface area contributed by atoms with Gasteiger partial charge in [-0.3, -0.25) is 19.0 Å². The van der Waals surface area contributed by atoms with Crippen LogP contribution in [0.4, 0.5) is 4.39 Å². The Morgan fingerprint density at radius 1 is 1.11 bits per heavy atom. The van der Waals surface area contributed by atoms with E-state index in [4.69, 9.17) is 4.42 Å². The van der Waals surface area contributed by atoms with Gasteiger partial charge in [0.1, 0.15) is 11.6 Å². The number of nitrogens with zero attached hydrogens (tertiary/aromatic N) is 4. The minimum absolute atomic E-state index is 0.00294. The number of aromatic nitrogens is 4. The van der Waals surface area contributed by atoms with E-state index in [-0.39, 0.29) is 24.2 Å². The monoisotopic (exact) mass is 517 g/mol. The Balaban J connectivity index is 0.000000877. The van der Waals surface area contributed by atoms with E-state index in [1.807, 2.05) is 0 Å². The summed E-state index contributed by atoms with van der Waals surface area (Å²) in [7, 11) is 1.34. The first-order valence-corrected chi connectivity index (χ1v) is 11.6. The largest absolute Gasteiger partial charge is 0.501 e. The Bertz CT molecular complexity index is 1280. The van der Waals surface area contributed by atoms with Crippen LogP contribution in [0.2, 0.25) is 0 Å². The van der Waals surface area contributed by atoms with Crippen LogP contribution in [0.15, 0.2) is 33.5 Å². The summed E-state index contributed by atoms with van der Waals surface area (Å²) in [5.74, 6) is -2.88. The van der Waals surface area contributed by atoms with Gasteiger partial charge >= 0.3 is 11.8 Å². The first-order chi connectivity index (χ1) is 17.4. The van der Waals surface area contributed by atoms with Gasteiger partial charge in [0.25, 0.3) is 11.5 Å². The molecule has 0 bridgehead atoms. The second-order valence-corrected chi connectivity index (χ2v) is 8.47. The number of hydrogen-bond acceptors (Lipinski definition) is 9. The standard InChI is InChI=1S/C20H21FN6O5.C4H11N/c1-10-25-26-17(32-10)16(30)24-20(2,3)19-23-13(14(28)18(31)27(19)4)15(29)22-9-11-5-7-12(21)8-6-11;1-3-5-4-2/h5-8,28H,9H2,1-4H3,(H,22,29)(H,24,30);5H,3-4H2,1-2H3. The number of aryl methyl sites for hydroxylation is 1. The molecule has 0 saturated carbocycles. The fraction of sp³-hybridized carbons (Fsp3) is 0.417. The van der Waals surface area contributed by atoms with Crippen LogP contribution in [-0.4, -0.2) is 49.8 Å². The fourth-order valence-corrected chi connectivity index (χ4v) is 3.21. The minimum Gasteiger partial charge on any atom is -0.501 e. The maximum Gasteiger partial charge on any atom is 0.309 e. The van der Waals surface area contributed by atoms with Crippen LogP contribution in [0, 0.1) is 12.7 Å². The first kappa shape index (κ1) is 29.1. The van der Waals surface area contributed by atoms with Crippen molar-refractivity contribution in [2.24, 2.45) is 7.05 Å². The Kier molecular flexibility index (Phi) is 10.0. The second kappa shape index (κ2) is 12.7. The summed E-state index contributed by atoms with van der Waals surface area (Å²) < 4.78 is 19.1. The number of hydrogen-bond donors (Lipinski definition) is 4. The molecule has 0 atom stereocenters. The van der Waals surface area contributed by atoms with Gasteiger partial charge in [0, 0.05) is 20.5 Å². The van der Waals surface area contributed by atoms with Crippen LogP contribution in [-0.2, 0) is 19.1 Å². The van der Waals surface area contributed by atoms with E-state index in [9.17, 15) is 23.9 Å². The van der Waals surface area contributed by atoms with Gasteiger partial charge in [0.05, 0.1) is 5.54 Å². The van der Waals surface area contributed by atoms with E-state index < -0.39 is 40.2 Å². The van der Waals surface area contributed by atoms with Crippen LogP contribution in [0.25, 0.3) is 0 Å². The molecule has 1 aromatic carbocycles. The van der Waals surface area contributed by atoms with Crippen LogP contribution in [0.5, 0.6) is 5.75 Å². The molecule has 0 aliphatic heterocycles. The number of rotatable bonds is 8. The van der Waals surface area contributed by atoms with Crippen LogP contribution in [0.1, 0.15) is 66.1 Å². The predicted octanol–water partition coefficient (Wildman–Crippen LogP) is 1.53. The van der Waals surface area contributed by atoms with Gasteiger partial charge in [-0.25, -0.2) is 9.37 Å². The average Bonchev–Trinajstić information content (AvgIpc) is 3.29. The summed E-state index contributed by atoms with van der Waals surface area (Å²) in [4.78, 5) is 41.7. The topological polar surface area (TPSA) is 164 Å². The smallest absolute Gasteiger partial charge is 0.309 e. The SMILES string of the molecule is CCNCC.Cc1nnc(C(=O)NC(C)(C)c2nc(C(=O)NCc3ccc(F)cc3)c(O)c(=O)n2C)o1. The van der Waals surface area contributed by atoms with Gasteiger partial charge in [-0.2, -0.15) is 0 Å². The van der Waals surface area contributed by atoms with Gasteiger partial charge < -0.3 is 25.5 Å². The molecule has 2 amide bonds. The lowest BCUT2D eigenvalue weighted by molar-refractivity contribution is 0.0869. The number of amides is 2. The van der Waals surface area contributed by atoms with Gasteiger partial charge in [-0.15, -0.1) is 10.2 Å². The number of carbonyl (C=O) groups excluding carboxylic acids is 2. The molecule has 3 aromatic rings. The maximum atomic E-state index is 13.0. The van der Waals surface area contributed by atoms with Crippen LogP contribution >= 0.6 is 0 Å². The molecule has 13 heteroatoms. The summed E-state index contributed by atoms with van der Waals surface area (Å²) in [6.45, 7) is 11.0. The maximum absolute atomic E-state index is 13.0. The molecule has 2 heterocycles. The molecule has 3 rings (SSSR count). The van der Waals surface area contributed by atoms with Crippen molar-refractivity contribution in [3.63, 3.8) is 0 Å². The van der Waals surface area contributed by atoms with Crippen molar-refractivity contribution in [1.29, 1.82) is 0 Å².